The zero-order valence-electron chi connectivity index (χ0n) is 56.2. The summed E-state index contributed by atoms with van der Waals surface area (Å²) in [5.41, 5.74) is 22.1. The SMILES string of the molecule is CN=C(N)NCC1=C[C@H]2CC[C@@H](CCc3ccc(O)c(Cc4cccc(O)c4)c3)C#CC3=C4C[C@@H]5CCCO[C@@H]5NC4NC4=C3[C@@H]1O[C@@H]2C[C@H](O)[C@@H]1C=Cc2c(c(CO)cc(O)c2OCc2cc([C@]35c6c7cccc6C[C@@H]6CC[C@@H]8CCCC[C@]8(OC[C@@H]3CC7)[C@@H]65)cc3cn4cc23)C1. The van der Waals surface area contributed by atoms with Crippen molar-refractivity contribution in [2.45, 2.75) is 177 Å². The number of phenolic OH excluding ortho intramolecular Hbond substituents is 3. The summed E-state index contributed by atoms with van der Waals surface area (Å²) in [6, 6.07) is 27.1. The average molecular weight is 1320 g/mol. The molecule has 508 valence electrons. The van der Waals surface area contributed by atoms with E-state index in [2.05, 4.69) is 98.3 Å². The summed E-state index contributed by atoms with van der Waals surface area (Å²) in [5.74, 6) is 11.3. The van der Waals surface area contributed by atoms with Crippen molar-refractivity contribution >= 4 is 28.6 Å². The Hall–Kier alpha value is -7.81. The number of benzene rings is 5. The molecule has 10 bridgehead atoms. The number of aromatic nitrogens is 1. The van der Waals surface area contributed by atoms with Crippen LogP contribution >= 0.6 is 0 Å². The molecule has 98 heavy (non-hydrogen) atoms. The van der Waals surface area contributed by atoms with Crippen molar-refractivity contribution in [1.29, 1.82) is 0 Å². The van der Waals surface area contributed by atoms with Crippen LogP contribution in [0.1, 0.15) is 151 Å². The number of aliphatic hydroxyl groups is 2. The number of phenols is 3. The number of hydrogen-bond acceptors (Lipinski definition) is 12. The molecule has 15 atom stereocenters. The van der Waals surface area contributed by atoms with E-state index in [1.54, 1.807) is 36.9 Å². The molecule has 1 aromatic heterocycles. The quantitative estimate of drug-likeness (QED) is 0.0285. The van der Waals surface area contributed by atoms with Crippen LogP contribution in [-0.4, -0.2) is 99.2 Å². The molecule has 15 heteroatoms. The van der Waals surface area contributed by atoms with Crippen molar-refractivity contribution in [2.24, 2.45) is 58.1 Å². The number of nitrogens with zero attached hydrogens (tertiary/aromatic N) is 2. The van der Waals surface area contributed by atoms with Crippen molar-refractivity contribution in [1.82, 2.24) is 20.5 Å². The molecule has 14 aliphatic rings. The second kappa shape index (κ2) is 24.8. The van der Waals surface area contributed by atoms with Crippen LogP contribution in [0, 0.1) is 59.2 Å². The van der Waals surface area contributed by atoms with Gasteiger partial charge >= 0.3 is 0 Å². The highest BCUT2D eigenvalue weighted by molar-refractivity contribution is 5.89. The Morgan fingerprint density at radius 2 is 1.76 bits per heavy atom. The van der Waals surface area contributed by atoms with E-state index < -0.39 is 18.3 Å². The molecule has 5 fully saturated rings. The van der Waals surface area contributed by atoms with Crippen LogP contribution < -0.4 is 26.4 Å². The number of aryl methyl sites for hydroxylation is 2. The lowest BCUT2D eigenvalue weighted by Gasteiger charge is -2.69. The summed E-state index contributed by atoms with van der Waals surface area (Å²) in [6.45, 7) is 1.67. The molecule has 0 radical (unpaired) electrons. The molecule has 15 nitrogen and oxygen atoms in total. The molecule has 10 N–H and O–H groups in total. The van der Waals surface area contributed by atoms with Crippen LogP contribution in [0.3, 0.4) is 0 Å². The van der Waals surface area contributed by atoms with Gasteiger partial charge in [0.15, 0.2) is 17.5 Å². The van der Waals surface area contributed by atoms with Gasteiger partial charge < -0.3 is 65.4 Å². The highest BCUT2D eigenvalue weighted by Crippen LogP contribution is 2.69. The molecule has 6 aliphatic carbocycles. The van der Waals surface area contributed by atoms with Gasteiger partial charge in [-0.25, -0.2) is 0 Å². The van der Waals surface area contributed by atoms with E-state index in [0.29, 0.717) is 67.4 Å². The third-order valence-corrected chi connectivity index (χ3v) is 25.8. The number of hydrogen-bond donors (Lipinski definition) is 9. The van der Waals surface area contributed by atoms with Crippen LogP contribution in [-0.2, 0) is 64.9 Å². The Morgan fingerprint density at radius 1 is 0.847 bits per heavy atom. The lowest BCUT2D eigenvalue weighted by Crippen LogP contribution is -2.70. The van der Waals surface area contributed by atoms with E-state index >= 15 is 0 Å². The molecule has 3 saturated heterocycles. The standard InChI is InChI=1S/C83H92N6O9/c1-85-81(84)86-40-56-32-51-18-15-46(13-14-47-17-26-69(92)55(29-47)30-48-7-4-12-63(91)31-48)16-24-64-67-37-54-10-6-28-95-80(54)88-78(67)87-79-73(64)75(56)98-72(51)39-70(93)50-21-25-65-66(36-50)58(43-90)38-71(94)76(65)96-44-59-35-62(34-57-41-89(79)42-68(57)59)83-61-23-19-49-8-5-9-52(74(49)83)33-53-20-22-60-11-2-3-27-82(60,77(53)83)97-45-61/h4-5,7-9,12,17,21,25-26,29,31-32,34-35,38,41-42,46,50-51,53-54,60-61,70,72,75,77-78,80,87-88,90-94H,2-3,6,10-11,13-15,18-20,22-23,27-28,30,33,36-37,39-40,43-45H2,1H3,(H3,84,85,86)/t46-,50-,51-,53+,54+,60+,61+,70+,72-,75-,77-,78?,80+,82-,83+/m1/s1. The molecule has 2 saturated carbocycles. The number of aliphatic hydroxyl groups excluding tert-OH is 2. The van der Waals surface area contributed by atoms with Gasteiger partial charge in [-0.05, 0) is 211 Å². The average Bonchev–Trinajstić information content (AvgIpc) is 0.851. The van der Waals surface area contributed by atoms with Gasteiger partial charge in [-0.1, -0.05) is 91.4 Å². The van der Waals surface area contributed by atoms with Gasteiger partial charge in [0.05, 0.1) is 31.0 Å². The Kier molecular flexibility index (Phi) is 15.8. The zero-order chi connectivity index (χ0) is 66.1. The Bertz CT molecular complexity index is 4440. The third kappa shape index (κ3) is 10.4. The molecule has 1 spiro atoms. The minimum Gasteiger partial charge on any atom is -0.508 e. The van der Waals surface area contributed by atoms with Crippen LogP contribution in [0.2, 0.25) is 0 Å². The van der Waals surface area contributed by atoms with Crippen molar-refractivity contribution in [3.8, 4) is 34.8 Å². The lowest BCUT2D eigenvalue weighted by atomic mass is 9.39. The summed E-state index contributed by atoms with van der Waals surface area (Å²) in [7, 11) is 1.70. The molecular weight excluding hydrogens is 1220 g/mol. The van der Waals surface area contributed by atoms with Crippen LogP contribution in [0.5, 0.6) is 23.0 Å². The van der Waals surface area contributed by atoms with Gasteiger partial charge in [-0.3, -0.25) is 10.3 Å². The van der Waals surface area contributed by atoms with Crippen molar-refractivity contribution in [3.63, 3.8) is 0 Å². The monoisotopic (exact) mass is 1320 g/mol. The topological polar surface area (TPSA) is 217 Å². The molecule has 20 rings (SSSR count). The van der Waals surface area contributed by atoms with Gasteiger partial charge in [0.2, 0.25) is 0 Å². The first-order chi connectivity index (χ1) is 47.9. The van der Waals surface area contributed by atoms with Gasteiger partial charge in [0, 0.05) is 108 Å². The maximum Gasteiger partial charge on any atom is 0.188 e. The molecular formula is C83H92N6O9. The van der Waals surface area contributed by atoms with Crippen molar-refractivity contribution < 1.29 is 44.5 Å². The zero-order valence-corrected chi connectivity index (χ0v) is 56.2. The molecule has 8 aliphatic heterocycles. The normalized spacial score (nSPS) is 32.6. The predicted octanol–water partition coefficient (Wildman–Crippen LogP) is 11.8. The number of rotatable bonds is 9. The Labute approximate surface area is 574 Å². The summed E-state index contributed by atoms with van der Waals surface area (Å²) in [4.78, 5) is 4.39. The van der Waals surface area contributed by atoms with Crippen LogP contribution in [0.4, 0.5) is 0 Å². The number of fused-ring (bicyclic) bond motifs is 7. The summed E-state index contributed by atoms with van der Waals surface area (Å²) >= 11 is 0. The lowest BCUT2D eigenvalue weighted by molar-refractivity contribution is -0.247. The summed E-state index contributed by atoms with van der Waals surface area (Å²) < 4.78 is 31.8. The maximum atomic E-state index is 13.0. The number of guanidine groups is 1. The van der Waals surface area contributed by atoms with Gasteiger partial charge in [-0.15, -0.1) is 0 Å². The Balaban J connectivity index is 0.861. The predicted molar refractivity (Wildman–Crippen MR) is 378 cm³/mol. The first-order valence-electron chi connectivity index (χ1n) is 36.8. The minimum absolute atomic E-state index is 0.0220. The second-order valence-electron chi connectivity index (χ2n) is 31.0. The molecule has 1 unspecified atom stereocenters. The number of nitrogens with one attached hydrogen (secondary N) is 3. The van der Waals surface area contributed by atoms with Crippen LogP contribution in [0.15, 0.2) is 131 Å². The highest BCUT2D eigenvalue weighted by atomic mass is 16.5. The molecule has 9 heterocycles. The Morgan fingerprint density at radius 3 is 2.65 bits per heavy atom. The maximum absolute atomic E-state index is 13.0. The van der Waals surface area contributed by atoms with Gasteiger partial charge in [0.1, 0.15) is 42.4 Å². The fourth-order valence-electron chi connectivity index (χ4n) is 21.4. The van der Waals surface area contributed by atoms with E-state index in [0.717, 1.165) is 144 Å². The largest absolute Gasteiger partial charge is 0.508 e. The molecule has 0 amide bonds. The highest BCUT2D eigenvalue weighted by Gasteiger charge is 2.69. The van der Waals surface area contributed by atoms with E-state index in [9.17, 15) is 25.5 Å². The van der Waals surface area contributed by atoms with Gasteiger partial charge in [-0.2, -0.15) is 0 Å². The smallest absolute Gasteiger partial charge is 0.188 e. The number of dihydropyridines is 1. The van der Waals surface area contributed by atoms with Crippen molar-refractivity contribution in [3.05, 3.63) is 187 Å². The fraction of sp³-hybridized carbons (Fsp3) is 0.482. The van der Waals surface area contributed by atoms with E-state index in [4.69, 9.17) is 24.7 Å². The van der Waals surface area contributed by atoms with E-state index in [-0.39, 0.29) is 83.5 Å². The number of piperidine rings is 1. The van der Waals surface area contributed by atoms with Crippen LogP contribution in [0.25, 0.3) is 22.7 Å². The van der Waals surface area contributed by atoms with Gasteiger partial charge in [0.25, 0.3) is 0 Å². The van der Waals surface area contributed by atoms with E-state index in [1.807, 2.05) is 24.3 Å². The second-order valence-corrected chi connectivity index (χ2v) is 31.0. The first kappa shape index (κ1) is 62.4. The summed E-state index contributed by atoms with van der Waals surface area (Å²) in [6.07, 6.45) is 26.0. The van der Waals surface area contributed by atoms with Crippen molar-refractivity contribution in [2.75, 3.05) is 26.8 Å². The summed E-state index contributed by atoms with van der Waals surface area (Å²) in [5, 5.41) is 71.7. The fourth-order valence-corrected chi connectivity index (χ4v) is 21.4. The molecule has 6 aromatic rings. The first-order valence-corrected chi connectivity index (χ1v) is 36.8. The number of ether oxygens (including phenoxy) is 4. The minimum atomic E-state index is -0.848. The third-order valence-electron chi connectivity index (χ3n) is 25.8. The number of aromatic hydroxyl groups is 3. The van der Waals surface area contributed by atoms with E-state index in [1.165, 1.54) is 54.4 Å². The number of aliphatic imine (C=N–C) groups is 1. The number of nitrogens with two attached hydrogens (primary N) is 1. The molecule has 5 aromatic carbocycles.